The first-order chi connectivity index (χ1) is 12.6. The van der Waals surface area contributed by atoms with E-state index in [-0.39, 0.29) is 30.0 Å². The Morgan fingerprint density at radius 3 is 2.50 bits per heavy atom. The number of halogens is 1. The van der Waals surface area contributed by atoms with Crippen LogP contribution in [0.2, 0.25) is 0 Å². The highest BCUT2D eigenvalue weighted by molar-refractivity contribution is 5.96. The van der Waals surface area contributed by atoms with E-state index >= 15 is 0 Å². The number of hydrogen-bond acceptors (Lipinski definition) is 3. The van der Waals surface area contributed by atoms with Gasteiger partial charge in [0.1, 0.15) is 11.9 Å². The lowest BCUT2D eigenvalue weighted by Crippen LogP contribution is -2.42. The van der Waals surface area contributed by atoms with E-state index in [2.05, 4.69) is 0 Å². The van der Waals surface area contributed by atoms with Crippen LogP contribution in [0.25, 0.3) is 0 Å². The zero-order valence-corrected chi connectivity index (χ0v) is 14.6. The highest BCUT2D eigenvalue weighted by atomic mass is 19.1. The maximum absolute atomic E-state index is 12.9. The van der Waals surface area contributed by atoms with Crippen molar-refractivity contribution in [2.45, 2.75) is 25.4 Å². The first-order valence-electron chi connectivity index (χ1n) is 8.86. The summed E-state index contributed by atoms with van der Waals surface area (Å²) in [7, 11) is 0. The maximum atomic E-state index is 12.9. The summed E-state index contributed by atoms with van der Waals surface area (Å²) in [6.07, 6.45) is 0.996. The minimum atomic E-state index is -0.364. The summed E-state index contributed by atoms with van der Waals surface area (Å²) in [5.41, 5.74) is 1.55. The van der Waals surface area contributed by atoms with E-state index in [1.54, 1.807) is 0 Å². The molecule has 3 rings (SSSR count). The lowest BCUT2D eigenvalue weighted by Gasteiger charge is -2.33. The smallest absolute Gasteiger partial charge is 0.222 e. The predicted octanol–water partition coefficient (Wildman–Crippen LogP) is 3.78. The van der Waals surface area contributed by atoms with Gasteiger partial charge in [0.25, 0.3) is 0 Å². The average molecular weight is 355 g/mol. The number of amides is 1. The molecule has 0 N–H and O–H groups in total. The van der Waals surface area contributed by atoms with Crippen molar-refractivity contribution in [1.82, 2.24) is 4.90 Å². The molecule has 0 aromatic heterocycles. The van der Waals surface area contributed by atoms with E-state index in [0.717, 1.165) is 5.56 Å². The molecule has 2 aromatic rings. The molecule has 0 aliphatic carbocycles. The lowest BCUT2D eigenvalue weighted by atomic mass is 10.0. The largest absolute Gasteiger partial charge is 0.370 e. The van der Waals surface area contributed by atoms with Crippen molar-refractivity contribution < 1.29 is 18.7 Å². The van der Waals surface area contributed by atoms with Gasteiger partial charge in [0.15, 0.2) is 5.78 Å². The molecule has 4 nitrogen and oxygen atoms in total. The van der Waals surface area contributed by atoms with Gasteiger partial charge in [-0.3, -0.25) is 9.59 Å². The number of carbonyl (C=O) groups is 2. The Morgan fingerprint density at radius 2 is 1.77 bits per heavy atom. The van der Waals surface area contributed by atoms with Crippen LogP contribution in [0.4, 0.5) is 4.39 Å². The molecule has 1 saturated heterocycles. The molecule has 0 saturated carbocycles. The number of Topliss-reactive ketones (excluding diaryl/α,β-unsaturated/α-hetero) is 1. The molecule has 1 unspecified atom stereocenters. The second kappa shape index (κ2) is 8.72. The number of ketones is 1. The molecule has 1 aliphatic heterocycles. The number of rotatable bonds is 6. The zero-order chi connectivity index (χ0) is 18.4. The molecule has 26 heavy (non-hydrogen) atoms. The third-order valence-corrected chi connectivity index (χ3v) is 4.55. The molecule has 2 aromatic carbocycles. The fourth-order valence-corrected chi connectivity index (χ4v) is 3.08. The number of benzene rings is 2. The molecule has 0 radical (unpaired) electrons. The van der Waals surface area contributed by atoms with Gasteiger partial charge < -0.3 is 9.64 Å². The van der Waals surface area contributed by atoms with Crippen LogP contribution in [0, 0.1) is 5.82 Å². The van der Waals surface area contributed by atoms with Crippen molar-refractivity contribution >= 4 is 11.7 Å². The third-order valence-electron chi connectivity index (χ3n) is 4.55. The lowest BCUT2D eigenvalue weighted by molar-refractivity contribution is -0.139. The number of hydrogen-bond donors (Lipinski definition) is 0. The Labute approximate surface area is 152 Å². The van der Waals surface area contributed by atoms with Crippen LogP contribution < -0.4 is 0 Å². The van der Waals surface area contributed by atoms with Crippen LogP contribution in [0.1, 0.15) is 41.3 Å². The van der Waals surface area contributed by atoms with E-state index in [9.17, 15) is 14.0 Å². The Balaban J connectivity index is 1.47. The van der Waals surface area contributed by atoms with E-state index in [1.165, 1.54) is 24.3 Å². The molecule has 1 amide bonds. The van der Waals surface area contributed by atoms with Gasteiger partial charge >= 0.3 is 0 Å². The molecular formula is C21H22FNO3. The van der Waals surface area contributed by atoms with Crippen LogP contribution in [-0.4, -0.2) is 36.3 Å². The molecular weight excluding hydrogens is 333 g/mol. The molecule has 0 spiro atoms. The van der Waals surface area contributed by atoms with Gasteiger partial charge in [-0.2, -0.15) is 0 Å². The van der Waals surface area contributed by atoms with E-state index in [1.807, 2.05) is 35.2 Å². The number of ether oxygens (including phenoxy) is 1. The third kappa shape index (κ3) is 4.76. The molecule has 1 fully saturated rings. The van der Waals surface area contributed by atoms with Crippen molar-refractivity contribution in [2.24, 2.45) is 0 Å². The monoisotopic (exact) mass is 355 g/mol. The van der Waals surface area contributed by atoms with Gasteiger partial charge in [0.2, 0.25) is 5.91 Å². The topological polar surface area (TPSA) is 46.6 Å². The number of morpholine rings is 1. The van der Waals surface area contributed by atoms with Gasteiger partial charge in [-0.25, -0.2) is 4.39 Å². The minimum absolute atomic E-state index is 0.0427. The molecule has 1 atom stereocenters. The van der Waals surface area contributed by atoms with Crippen molar-refractivity contribution in [3.63, 3.8) is 0 Å². The van der Waals surface area contributed by atoms with Crippen LogP contribution in [0.5, 0.6) is 0 Å². The summed E-state index contributed by atoms with van der Waals surface area (Å²) < 4.78 is 18.7. The SMILES string of the molecule is O=C(CCCC(=O)N1CCOC(c2ccccc2)C1)c1ccc(F)cc1. The van der Waals surface area contributed by atoms with Gasteiger partial charge in [-0.1, -0.05) is 30.3 Å². The van der Waals surface area contributed by atoms with Crippen molar-refractivity contribution in [1.29, 1.82) is 0 Å². The molecule has 1 aliphatic rings. The van der Waals surface area contributed by atoms with E-state index in [4.69, 9.17) is 4.74 Å². The summed E-state index contributed by atoms with van der Waals surface area (Å²) in [5.74, 6) is -0.389. The van der Waals surface area contributed by atoms with Crippen molar-refractivity contribution in [2.75, 3.05) is 19.7 Å². The maximum Gasteiger partial charge on any atom is 0.222 e. The first-order valence-corrected chi connectivity index (χ1v) is 8.86. The summed E-state index contributed by atoms with van der Waals surface area (Å²) in [6.45, 7) is 1.63. The van der Waals surface area contributed by atoms with Crippen molar-refractivity contribution in [3.8, 4) is 0 Å². The summed E-state index contributed by atoms with van der Waals surface area (Å²) in [6, 6.07) is 15.4. The first kappa shape index (κ1) is 18.3. The minimum Gasteiger partial charge on any atom is -0.370 e. The Bertz CT molecular complexity index is 746. The fourth-order valence-electron chi connectivity index (χ4n) is 3.08. The number of carbonyl (C=O) groups excluding carboxylic acids is 2. The van der Waals surface area contributed by atoms with Crippen LogP contribution in [0.15, 0.2) is 54.6 Å². The quantitative estimate of drug-likeness (QED) is 0.741. The van der Waals surface area contributed by atoms with Crippen molar-refractivity contribution in [3.05, 3.63) is 71.5 Å². The Hall–Kier alpha value is -2.53. The van der Waals surface area contributed by atoms with Gasteiger partial charge in [0.05, 0.1) is 13.2 Å². The second-order valence-electron chi connectivity index (χ2n) is 6.39. The average Bonchev–Trinajstić information content (AvgIpc) is 2.69. The molecule has 136 valence electrons. The Morgan fingerprint density at radius 1 is 1.04 bits per heavy atom. The second-order valence-corrected chi connectivity index (χ2v) is 6.39. The van der Waals surface area contributed by atoms with E-state index < -0.39 is 0 Å². The summed E-state index contributed by atoms with van der Waals surface area (Å²) in [4.78, 5) is 26.3. The molecule has 5 heteroatoms. The summed E-state index contributed by atoms with van der Waals surface area (Å²) in [5, 5.41) is 0. The van der Waals surface area contributed by atoms with Crippen LogP contribution in [0.3, 0.4) is 0 Å². The number of nitrogens with zero attached hydrogens (tertiary/aromatic N) is 1. The summed E-state index contributed by atoms with van der Waals surface area (Å²) >= 11 is 0. The molecule has 1 heterocycles. The van der Waals surface area contributed by atoms with Crippen LogP contribution >= 0.6 is 0 Å². The van der Waals surface area contributed by atoms with Gasteiger partial charge in [-0.15, -0.1) is 0 Å². The standard InChI is InChI=1S/C21H22FNO3/c22-18-11-9-16(10-12-18)19(24)7-4-8-21(25)23-13-14-26-20(15-23)17-5-2-1-3-6-17/h1-3,5-6,9-12,20H,4,7-8,13-15H2. The normalized spacial score (nSPS) is 17.1. The van der Waals surface area contributed by atoms with Gasteiger partial charge in [0, 0.05) is 24.9 Å². The van der Waals surface area contributed by atoms with E-state index in [0.29, 0.717) is 38.1 Å². The predicted molar refractivity (Wildman–Crippen MR) is 96.3 cm³/mol. The highest BCUT2D eigenvalue weighted by Crippen LogP contribution is 2.22. The fraction of sp³-hybridized carbons (Fsp3) is 0.333. The highest BCUT2D eigenvalue weighted by Gasteiger charge is 2.25. The van der Waals surface area contributed by atoms with Crippen LogP contribution in [-0.2, 0) is 9.53 Å². The van der Waals surface area contributed by atoms with Gasteiger partial charge in [-0.05, 0) is 36.2 Å². The Kier molecular flexibility index (Phi) is 6.12. The zero-order valence-electron chi connectivity index (χ0n) is 14.6. The molecule has 0 bridgehead atoms.